The smallest absolute Gasteiger partial charge is 0.416 e. The number of carbonyl (C=O) groups excluding carboxylic acids is 1. The van der Waals surface area contributed by atoms with Gasteiger partial charge in [0.15, 0.2) is 0 Å². The SMILES string of the molecule is CC(C)(C)OC(=O)c1ccc(N2CCN(c3cc(C(F)(F)F)ccn3)CC2)cc1. The molecule has 1 fully saturated rings. The summed E-state index contributed by atoms with van der Waals surface area (Å²) in [5.74, 6) is -0.0377. The number of anilines is 2. The molecule has 29 heavy (non-hydrogen) atoms. The van der Waals surface area contributed by atoms with Crippen LogP contribution in [0.1, 0.15) is 36.7 Å². The first-order chi connectivity index (χ1) is 13.5. The minimum Gasteiger partial charge on any atom is -0.456 e. The number of nitrogens with zero attached hydrogens (tertiary/aromatic N) is 3. The number of rotatable bonds is 3. The quantitative estimate of drug-likeness (QED) is 0.707. The summed E-state index contributed by atoms with van der Waals surface area (Å²) in [5, 5.41) is 0. The predicted molar refractivity (Wildman–Crippen MR) is 105 cm³/mol. The number of esters is 1. The molecule has 8 heteroatoms. The van der Waals surface area contributed by atoms with Crippen LogP contribution >= 0.6 is 0 Å². The zero-order valence-corrected chi connectivity index (χ0v) is 16.7. The second-order valence-electron chi connectivity index (χ2n) is 7.92. The first-order valence-electron chi connectivity index (χ1n) is 9.39. The molecule has 0 N–H and O–H groups in total. The number of pyridine rings is 1. The minimum absolute atomic E-state index is 0.333. The molecule has 3 rings (SSSR count). The number of hydrogen-bond acceptors (Lipinski definition) is 5. The van der Waals surface area contributed by atoms with Crippen molar-refractivity contribution in [1.29, 1.82) is 0 Å². The lowest BCUT2D eigenvalue weighted by Gasteiger charge is -2.37. The topological polar surface area (TPSA) is 45.7 Å². The summed E-state index contributed by atoms with van der Waals surface area (Å²) in [6.45, 7) is 7.85. The highest BCUT2D eigenvalue weighted by molar-refractivity contribution is 5.90. The van der Waals surface area contributed by atoms with Crippen LogP contribution in [0.3, 0.4) is 0 Å². The highest BCUT2D eigenvalue weighted by Gasteiger charge is 2.31. The molecule has 2 aromatic rings. The molecule has 0 aliphatic carbocycles. The van der Waals surface area contributed by atoms with Crippen molar-refractivity contribution in [3.05, 3.63) is 53.7 Å². The van der Waals surface area contributed by atoms with E-state index >= 15 is 0 Å². The van der Waals surface area contributed by atoms with E-state index in [1.165, 1.54) is 6.20 Å². The highest BCUT2D eigenvalue weighted by Crippen LogP contribution is 2.31. The third kappa shape index (κ3) is 5.40. The van der Waals surface area contributed by atoms with Gasteiger partial charge < -0.3 is 14.5 Å². The van der Waals surface area contributed by atoms with Gasteiger partial charge in [-0.15, -0.1) is 0 Å². The number of carbonyl (C=O) groups is 1. The average Bonchev–Trinajstić information content (AvgIpc) is 2.66. The number of ether oxygens (including phenoxy) is 1. The first kappa shape index (κ1) is 21.0. The molecule has 1 aliphatic heterocycles. The molecular formula is C21H24F3N3O2. The summed E-state index contributed by atoms with van der Waals surface area (Å²) < 4.78 is 44.1. The van der Waals surface area contributed by atoms with E-state index in [9.17, 15) is 18.0 Å². The first-order valence-corrected chi connectivity index (χ1v) is 9.39. The van der Waals surface area contributed by atoms with E-state index in [0.29, 0.717) is 37.6 Å². The lowest BCUT2D eigenvalue weighted by atomic mass is 10.1. The van der Waals surface area contributed by atoms with Crippen LogP contribution in [-0.2, 0) is 10.9 Å². The van der Waals surface area contributed by atoms with Crippen LogP contribution in [-0.4, -0.2) is 42.7 Å². The maximum absolute atomic E-state index is 12.9. The Hall–Kier alpha value is -2.77. The molecule has 0 unspecified atom stereocenters. The maximum Gasteiger partial charge on any atom is 0.416 e. The molecule has 2 heterocycles. The van der Waals surface area contributed by atoms with Gasteiger partial charge in [0.25, 0.3) is 0 Å². The number of halogens is 3. The van der Waals surface area contributed by atoms with Crippen molar-refractivity contribution in [2.45, 2.75) is 32.5 Å². The van der Waals surface area contributed by atoms with Gasteiger partial charge in [0.1, 0.15) is 11.4 Å². The van der Waals surface area contributed by atoms with Gasteiger partial charge in [-0.3, -0.25) is 0 Å². The Bertz CT molecular complexity index is 853. The second-order valence-corrected chi connectivity index (χ2v) is 7.92. The van der Waals surface area contributed by atoms with E-state index in [-0.39, 0.29) is 5.97 Å². The Labute approximate surface area is 168 Å². The molecule has 0 bridgehead atoms. The molecule has 0 saturated carbocycles. The second kappa shape index (κ2) is 7.93. The van der Waals surface area contributed by atoms with Crippen molar-refractivity contribution in [3.8, 4) is 0 Å². The van der Waals surface area contributed by atoms with Crippen molar-refractivity contribution in [2.75, 3.05) is 36.0 Å². The van der Waals surface area contributed by atoms with Gasteiger partial charge in [-0.1, -0.05) is 0 Å². The van der Waals surface area contributed by atoms with Gasteiger partial charge in [0, 0.05) is 38.1 Å². The molecule has 1 aromatic heterocycles. The maximum atomic E-state index is 12.9. The summed E-state index contributed by atoms with van der Waals surface area (Å²) in [6.07, 6.45) is -3.19. The average molecular weight is 407 g/mol. The Balaban J connectivity index is 1.62. The van der Waals surface area contributed by atoms with Gasteiger partial charge in [-0.2, -0.15) is 13.2 Å². The third-order valence-electron chi connectivity index (χ3n) is 4.54. The summed E-state index contributed by atoms with van der Waals surface area (Å²) >= 11 is 0. The van der Waals surface area contributed by atoms with Gasteiger partial charge in [0.2, 0.25) is 0 Å². The van der Waals surface area contributed by atoms with Crippen molar-refractivity contribution >= 4 is 17.5 Å². The molecule has 0 atom stereocenters. The van der Waals surface area contributed by atoms with E-state index in [4.69, 9.17) is 4.74 Å². The summed E-state index contributed by atoms with van der Waals surface area (Å²) in [5.41, 5.74) is 0.191. The molecule has 1 aromatic carbocycles. The number of piperazine rings is 1. The normalized spacial score (nSPS) is 15.4. The predicted octanol–water partition coefficient (Wildman–Crippen LogP) is 4.38. The van der Waals surface area contributed by atoms with Crippen LogP contribution in [0, 0.1) is 0 Å². The van der Waals surface area contributed by atoms with E-state index in [1.807, 2.05) is 37.8 Å². The van der Waals surface area contributed by atoms with Crippen LogP contribution in [0.25, 0.3) is 0 Å². The Morgan fingerprint density at radius 2 is 1.55 bits per heavy atom. The number of hydrogen-bond donors (Lipinski definition) is 0. The van der Waals surface area contributed by atoms with Crippen molar-refractivity contribution in [2.24, 2.45) is 0 Å². The fourth-order valence-corrected chi connectivity index (χ4v) is 3.11. The Morgan fingerprint density at radius 1 is 0.966 bits per heavy atom. The van der Waals surface area contributed by atoms with Crippen LogP contribution in [0.4, 0.5) is 24.7 Å². The summed E-state index contributed by atoms with van der Waals surface area (Å²) in [6, 6.07) is 9.24. The molecular weight excluding hydrogens is 383 g/mol. The molecule has 0 amide bonds. The number of benzene rings is 1. The van der Waals surface area contributed by atoms with Crippen molar-refractivity contribution in [1.82, 2.24) is 4.98 Å². The lowest BCUT2D eigenvalue weighted by molar-refractivity contribution is -0.137. The molecule has 0 radical (unpaired) electrons. The van der Waals surface area contributed by atoms with E-state index in [0.717, 1.165) is 17.8 Å². The van der Waals surface area contributed by atoms with Gasteiger partial charge in [-0.25, -0.2) is 9.78 Å². The largest absolute Gasteiger partial charge is 0.456 e. The Kier molecular flexibility index (Phi) is 5.73. The third-order valence-corrected chi connectivity index (χ3v) is 4.54. The fraction of sp³-hybridized carbons (Fsp3) is 0.429. The van der Waals surface area contributed by atoms with Crippen molar-refractivity contribution < 1.29 is 22.7 Å². The molecule has 5 nitrogen and oxygen atoms in total. The van der Waals surface area contributed by atoms with Crippen LogP contribution in [0.15, 0.2) is 42.6 Å². The number of alkyl halides is 3. The van der Waals surface area contributed by atoms with E-state index in [2.05, 4.69) is 9.88 Å². The summed E-state index contributed by atoms with van der Waals surface area (Å²) in [4.78, 5) is 20.2. The standard InChI is InChI=1S/C21H24F3N3O2/c1-20(2,3)29-19(28)15-4-6-17(7-5-15)26-10-12-27(13-11-26)18-14-16(8-9-25-18)21(22,23)24/h4-9,14H,10-13H2,1-3H3. The minimum atomic E-state index is -4.38. The van der Waals surface area contributed by atoms with E-state index < -0.39 is 17.3 Å². The van der Waals surface area contributed by atoms with Gasteiger partial charge >= 0.3 is 12.1 Å². The lowest BCUT2D eigenvalue weighted by Crippen LogP contribution is -2.46. The van der Waals surface area contributed by atoms with Crippen molar-refractivity contribution in [3.63, 3.8) is 0 Å². The van der Waals surface area contributed by atoms with Crippen LogP contribution < -0.4 is 9.80 Å². The molecule has 1 aliphatic rings. The van der Waals surface area contributed by atoms with E-state index in [1.54, 1.807) is 12.1 Å². The monoisotopic (exact) mass is 407 g/mol. The van der Waals surface area contributed by atoms with Gasteiger partial charge in [0.05, 0.1) is 11.1 Å². The number of aromatic nitrogens is 1. The zero-order chi connectivity index (χ0) is 21.2. The fourth-order valence-electron chi connectivity index (χ4n) is 3.11. The molecule has 156 valence electrons. The Morgan fingerprint density at radius 3 is 2.10 bits per heavy atom. The van der Waals surface area contributed by atoms with Crippen LogP contribution in [0.5, 0.6) is 0 Å². The van der Waals surface area contributed by atoms with Crippen LogP contribution in [0.2, 0.25) is 0 Å². The van der Waals surface area contributed by atoms with Gasteiger partial charge in [-0.05, 0) is 57.2 Å². The zero-order valence-electron chi connectivity index (χ0n) is 16.7. The molecule has 1 saturated heterocycles. The summed E-state index contributed by atoms with van der Waals surface area (Å²) in [7, 11) is 0. The highest BCUT2D eigenvalue weighted by atomic mass is 19.4. The molecule has 0 spiro atoms.